The Kier molecular flexibility index (Phi) is 5.78. The third-order valence-corrected chi connectivity index (χ3v) is 4.30. The van der Waals surface area contributed by atoms with Crippen LogP contribution < -0.4 is 5.43 Å². The SMILES string of the molecule is CC(C)(C)OC(=O)NN(C(=O)OC(C)(C)C)[C@]1(C)CCc2ccccc2C1=O. The number of ether oxygens (including phenoxy) is 2. The lowest BCUT2D eigenvalue weighted by atomic mass is 9.77. The van der Waals surface area contributed by atoms with Gasteiger partial charge in [0.15, 0.2) is 5.78 Å². The number of carbonyl (C=O) groups is 3. The summed E-state index contributed by atoms with van der Waals surface area (Å²) in [6.45, 7) is 11.9. The molecule has 154 valence electrons. The molecule has 0 unspecified atom stereocenters. The van der Waals surface area contributed by atoms with Crippen LogP contribution in [0.5, 0.6) is 0 Å². The number of hydrogen-bond donors (Lipinski definition) is 1. The fraction of sp³-hybridized carbons (Fsp3) is 0.571. The Morgan fingerprint density at radius 2 is 1.61 bits per heavy atom. The highest BCUT2D eigenvalue weighted by Gasteiger charge is 2.48. The van der Waals surface area contributed by atoms with Gasteiger partial charge in [0.2, 0.25) is 0 Å². The second-order valence-corrected chi connectivity index (χ2v) is 9.19. The minimum atomic E-state index is -1.30. The summed E-state index contributed by atoms with van der Waals surface area (Å²) in [4.78, 5) is 38.6. The zero-order valence-corrected chi connectivity index (χ0v) is 17.7. The highest BCUT2D eigenvalue weighted by Crippen LogP contribution is 2.33. The number of carbonyl (C=O) groups excluding carboxylic acids is 3. The van der Waals surface area contributed by atoms with E-state index in [1.54, 1.807) is 60.6 Å². The van der Waals surface area contributed by atoms with E-state index in [1.165, 1.54) is 0 Å². The second kappa shape index (κ2) is 7.45. The molecule has 0 saturated carbocycles. The van der Waals surface area contributed by atoms with Crippen molar-refractivity contribution in [2.45, 2.75) is 78.0 Å². The normalized spacial score (nSPS) is 19.5. The molecule has 0 radical (unpaired) electrons. The van der Waals surface area contributed by atoms with Gasteiger partial charge in [0.05, 0.1) is 0 Å². The van der Waals surface area contributed by atoms with Gasteiger partial charge in [-0.05, 0) is 66.9 Å². The number of hydrazine groups is 1. The molecule has 0 saturated heterocycles. The van der Waals surface area contributed by atoms with Crippen LogP contribution >= 0.6 is 0 Å². The van der Waals surface area contributed by atoms with Gasteiger partial charge in [0.1, 0.15) is 16.7 Å². The Morgan fingerprint density at radius 1 is 1.04 bits per heavy atom. The van der Waals surface area contributed by atoms with Gasteiger partial charge in [0, 0.05) is 5.56 Å². The van der Waals surface area contributed by atoms with E-state index < -0.39 is 28.9 Å². The van der Waals surface area contributed by atoms with Crippen LogP contribution in [-0.2, 0) is 15.9 Å². The molecule has 1 aliphatic carbocycles. The van der Waals surface area contributed by atoms with Crippen LogP contribution in [0.4, 0.5) is 9.59 Å². The number of amides is 2. The van der Waals surface area contributed by atoms with E-state index >= 15 is 0 Å². The van der Waals surface area contributed by atoms with E-state index in [-0.39, 0.29) is 5.78 Å². The molecule has 7 nitrogen and oxygen atoms in total. The number of ketones is 1. The number of nitrogens with zero attached hydrogens (tertiary/aromatic N) is 1. The van der Waals surface area contributed by atoms with E-state index in [1.807, 2.05) is 12.1 Å². The average molecular weight is 390 g/mol. The quantitative estimate of drug-likeness (QED) is 0.725. The van der Waals surface area contributed by atoms with Crippen molar-refractivity contribution in [3.63, 3.8) is 0 Å². The second-order valence-electron chi connectivity index (χ2n) is 9.19. The topological polar surface area (TPSA) is 84.9 Å². The molecule has 1 aromatic rings. The van der Waals surface area contributed by atoms with E-state index in [0.717, 1.165) is 10.6 Å². The standard InChI is InChI=1S/C21H30N2O5/c1-19(2,3)27-17(25)22-23(18(26)28-20(4,5)6)21(7)13-12-14-10-8-9-11-15(14)16(21)24/h8-11H,12-13H2,1-7H3,(H,22,25)/t21-/m1/s1. The van der Waals surface area contributed by atoms with Gasteiger partial charge in [-0.25, -0.2) is 20.0 Å². The van der Waals surface area contributed by atoms with Crippen LogP contribution in [0.15, 0.2) is 24.3 Å². The van der Waals surface area contributed by atoms with E-state index in [4.69, 9.17) is 9.47 Å². The molecule has 1 atom stereocenters. The number of aryl methyl sites for hydroxylation is 1. The maximum atomic E-state index is 13.3. The molecule has 28 heavy (non-hydrogen) atoms. The van der Waals surface area contributed by atoms with Crippen LogP contribution in [0, 0.1) is 0 Å². The maximum absolute atomic E-state index is 13.3. The maximum Gasteiger partial charge on any atom is 0.430 e. The lowest BCUT2D eigenvalue weighted by Gasteiger charge is -2.42. The molecule has 1 aliphatic rings. The summed E-state index contributed by atoms with van der Waals surface area (Å²) >= 11 is 0. The summed E-state index contributed by atoms with van der Waals surface area (Å²) in [5, 5.41) is 0.977. The molecule has 2 rings (SSSR count). The molecule has 0 aliphatic heterocycles. The number of Topliss-reactive ketones (excluding diaryl/α,β-unsaturated/α-hetero) is 1. The smallest absolute Gasteiger partial charge is 0.430 e. The average Bonchev–Trinajstić information content (AvgIpc) is 2.53. The largest absolute Gasteiger partial charge is 0.443 e. The Morgan fingerprint density at radius 3 is 2.18 bits per heavy atom. The molecule has 0 bridgehead atoms. The molecule has 1 aromatic carbocycles. The van der Waals surface area contributed by atoms with Crippen molar-refractivity contribution in [2.24, 2.45) is 0 Å². The fourth-order valence-corrected chi connectivity index (χ4v) is 3.03. The molecular weight excluding hydrogens is 360 g/mol. The van der Waals surface area contributed by atoms with Crippen LogP contribution in [0.1, 0.15) is 70.8 Å². The number of hydrogen-bond acceptors (Lipinski definition) is 5. The summed E-state index contributed by atoms with van der Waals surface area (Å²) in [6, 6.07) is 7.28. The lowest BCUT2D eigenvalue weighted by Crippen LogP contribution is -2.64. The summed E-state index contributed by atoms with van der Waals surface area (Å²) in [5.74, 6) is -0.253. The van der Waals surface area contributed by atoms with Crippen LogP contribution in [-0.4, -0.2) is 39.7 Å². The Bertz CT molecular complexity index is 776. The van der Waals surface area contributed by atoms with Crippen molar-refractivity contribution in [1.82, 2.24) is 10.4 Å². The van der Waals surface area contributed by atoms with Gasteiger partial charge < -0.3 is 9.47 Å². The first-order valence-electron chi connectivity index (χ1n) is 9.38. The first kappa shape index (κ1) is 21.7. The van der Waals surface area contributed by atoms with Gasteiger partial charge in [-0.3, -0.25) is 4.79 Å². The van der Waals surface area contributed by atoms with Gasteiger partial charge in [-0.1, -0.05) is 24.3 Å². The van der Waals surface area contributed by atoms with Crippen LogP contribution in [0.25, 0.3) is 0 Å². The van der Waals surface area contributed by atoms with Crippen LogP contribution in [0.3, 0.4) is 0 Å². The number of nitrogens with one attached hydrogen (secondary N) is 1. The zero-order valence-electron chi connectivity index (χ0n) is 17.7. The highest BCUT2D eigenvalue weighted by molar-refractivity contribution is 6.06. The molecule has 0 spiro atoms. The molecule has 1 N–H and O–H groups in total. The first-order chi connectivity index (χ1) is 12.7. The summed E-state index contributed by atoms with van der Waals surface area (Å²) in [6.07, 6.45) is -0.703. The van der Waals surface area contributed by atoms with E-state index in [9.17, 15) is 14.4 Å². The van der Waals surface area contributed by atoms with Gasteiger partial charge in [-0.15, -0.1) is 0 Å². The van der Waals surface area contributed by atoms with Crippen LogP contribution in [0.2, 0.25) is 0 Å². The number of benzene rings is 1. The van der Waals surface area contributed by atoms with Crippen molar-refractivity contribution >= 4 is 18.0 Å². The molecule has 0 aromatic heterocycles. The van der Waals surface area contributed by atoms with Crippen molar-refractivity contribution in [2.75, 3.05) is 0 Å². The van der Waals surface area contributed by atoms with Gasteiger partial charge in [0.25, 0.3) is 0 Å². The third-order valence-electron chi connectivity index (χ3n) is 4.30. The Hall–Kier alpha value is -2.57. The fourth-order valence-electron chi connectivity index (χ4n) is 3.03. The molecule has 0 fully saturated rings. The lowest BCUT2D eigenvalue weighted by molar-refractivity contribution is -0.0257. The predicted molar refractivity (Wildman–Crippen MR) is 105 cm³/mol. The molecular formula is C21H30N2O5. The van der Waals surface area contributed by atoms with Gasteiger partial charge >= 0.3 is 12.2 Å². The number of fused-ring (bicyclic) bond motifs is 1. The predicted octanol–water partition coefficient (Wildman–Crippen LogP) is 4.25. The monoisotopic (exact) mass is 390 g/mol. The Labute approximate surface area is 166 Å². The minimum Gasteiger partial charge on any atom is -0.443 e. The summed E-state index contributed by atoms with van der Waals surface area (Å²) in [5.41, 5.74) is 1.06. The molecule has 0 heterocycles. The molecule has 7 heteroatoms. The summed E-state index contributed by atoms with van der Waals surface area (Å²) < 4.78 is 10.7. The minimum absolute atomic E-state index is 0.253. The van der Waals surface area contributed by atoms with E-state index in [0.29, 0.717) is 18.4 Å². The third kappa shape index (κ3) is 5.03. The van der Waals surface area contributed by atoms with Crippen molar-refractivity contribution < 1.29 is 23.9 Å². The first-order valence-corrected chi connectivity index (χ1v) is 9.38. The molecule has 2 amide bonds. The van der Waals surface area contributed by atoms with Crippen molar-refractivity contribution in [3.05, 3.63) is 35.4 Å². The highest BCUT2D eigenvalue weighted by atomic mass is 16.6. The van der Waals surface area contributed by atoms with E-state index in [2.05, 4.69) is 5.43 Å². The Balaban J connectivity index is 2.39. The van der Waals surface area contributed by atoms with Crippen molar-refractivity contribution in [3.8, 4) is 0 Å². The summed E-state index contributed by atoms with van der Waals surface area (Å²) in [7, 11) is 0. The number of rotatable bonds is 1. The van der Waals surface area contributed by atoms with Crippen molar-refractivity contribution in [1.29, 1.82) is 0 Å². The zero-order chi connectivity index (χ0) is 21.3. The van der Waals surface area contributed by atoms with Gasteiger partial charge in [-0.2, -0.15) is 0 Å².